The normalized spacial score (nSPS) is 12.7. The summed E-state index contributed by atoms with van der Waals surface area (Å²) >= 11 is 0. The van der Waals surface area contributed by atoms with E-state index in [1.165, 1.54) is 0 Å². The monoisotopic (exact) mass is 326 g/mol. The van der Waals surface area contributed by atoms with Crippen molar-refractivity contribution in [2.45, 2.75) is 19.9 Å². The Morgan fingerprint density at radius 1 is 1.38 bits per heavy atom. The Labute approximate surface area is 141 Å². The standard InChI is InChI=1S/C18H22N4O2/c1-12-9-17(22(4)20-12)19-18(23)11-21(3)13(2)16-10-14-7-5-6-8-15(14)24-16/h5-10,13H,11H2,1-4H3,(H,19,23)/t13-/m1/s1. The fraction of sp³-hybridized carbons (Fsp3) is 0.333. The lowest BCUT2D eigenvalue weighted by Crippen LogP contribution is -2.32. The highest BCUT2D eigenvalue weighted by atomic mass is 16.3. The molecule has 1 amide bonds. The van der Waals surface area contributed by atoms with Gasteiger partial charge < -0.3 is 9.73 Å². The molecule has 0 aliphatic rings. The molecular weight excluding hydrogens is 304 g/mol. The number of aryl methyl sites for hydroxylation is 2. The highest BCUT2D eigenvalue weighted by Gasteiger charge is 2.19. The fourth-order valence-corrected chi connectivity index (χ4v) is 2.70. The highest BCUT2D eigenvalue weighted by Crippen LogP contribution is 2.26. The molecule has 6 nitrogen and oxygen atoms in total. The number of likely N-dealkylation sites (N-methyl/N-ethyl adjacent to an activating group) is 1. The van der Waals surface area contributed by atoms with Gasteiger partial charge in [-0.05, 0) is 33.0 Å². The molecule has 126 valence electrons. The average Bonchev–Trinajstić information content (AvgIpc) is 3.09. The second-order valence-electron chi connectivity index (χ2n) is 6.12. The summed E-state index contributed by atoms with van der Waals surface area (Å²) in [4.78, 5) is 14.2. The first-order chi connectivity index (χ1) is 11.4. The lowest BCUT2D eigenvalue weighted by atomic mass is 10.2. The number of nitrogens with one attached hydrogen (secondary N) is 1. The van der Waals surface area contributed by atoms with Crippen LogP contribution in [-0.4, -0.2) is 34.2 Å². The Balaban J connectivity index is 1.66. The van der Waals surface area contributed by atoms with Crippen LogP contribution in [0.3, 0.4) is 0 Å². The van der Waals surface area contributed by atoms with Crippen molar-refractivity contribution in [1.29, 1.82) is 0 Å². The van der Waals surface area contributed by atoms with Crippen molar-refractivity contribution in [2.75, 3.05) is 18.9 Å². The minimum Gasteiger partial charge on any atom is -0.459 e. The maximum absolute atomic E-state index is 12.3. The van der Waals surface area contributed by atoms with Gasteiger partial charge in [0.1, 0.15) is 17.2 Å². The number of carbonyl (C=O) groups is 1. The average molecular weight is 326 g/mol. The van der Waals surface area contributed by atoms with Crippen LogP contribution in [0.25, 0.3) is 11.0 Å². The Bertz CT molecular complexity index is 832. The van der Waals surface area contributed by atoms with Gasteiger partial charge in [-0.15, -0.1) is 0 Å². The van der Waals surface area contributed by atoms with Gasteiger partial charge in [0, 0.05) is 18.5 Å². The molecule has 0 fully saturated rings. The van der Waals surface area contributed by atoms with Crippen molar-refractivity contribution in [1.82, 2.24) is 14.7 Å². The zero-order valence-electron chi connectivity index (χ0n) is 14.4. The van der Waals surface area contributed by atoms with Crippen molar-refractivity contribution in [2.24, 2.45) is 7.05 Å². The molecule has 0 bridgehead atoms. The topological polar surface area (TPSA) is 63.3 Å². The van der Waals surface area contributed by atoms with E-state index in [0.717, 1.165) is 22.4 Å². The van der Waals surface area contributed by atoms with E-state index >= 15 is 0 Å². The molecule has 2 heterocycles. The van der Waals surface area contributed by atoms with Crippen LogP contribution in [0.5, 0.6) is 0 Å². The van der Waals surface area contributed by atoms with E-state index in [1.54, 1.807) is 4.68 Å². The van der Waals surface area contributed by atoms with Crippen LogP contribution in [0.1, 0.15) is 24.4 Å². The number of rotatable bonds is 5. The van der Waals surface area contributed by atoms with E-state index in [2.05, 4.69) is 10.4 Å². The van der Waals surface area contributed by atoms with Crippen LogP contribution in [-0.2, 0) is 11.8 Å². The van der Waals surface area contributed by atoms with E-state index in [1.807, 2.05) is 69.2 Å². The van der Waals surface area contributed by atoms with E-state index in [4.69, 9.17) is 4.42 Å². The molecule has 0 aliphatic carbocycles. The second-order valence-corrected chi connectivity index (χ2v) is 6.12. The van der Waals surface area contributed by atoms with E-state index in [0.29, 0.717) is 5.82 Å². The van der Waals surface area contributed by atoms with Crippen molar-refractivity contribution in [3.05, 3.63) is 47.9 Å². The lowest BCUT2D eigenvalue weighted by molar-refractivity contribution is -0.117. The molecule has 0 unspecified atom stereocenters. The maximum Gasteiger partial charge on any atom is 0.239 e. The largest absolute Gasteiger partial charge is 0.459 e. The third kappa shape index (κ3) is 3.33. The van der Waals surface area contributed by atoms with E-state index in [-0.39, 0.29) is 18.5 Å². The molecular formula is C18H22N4O2. The number of carbonyl (C=O) groups excluding carboxylic acids is 1. The van der Waals surface area contributed by atoms with Gasteiger partial charge in [0.2, 0.25) is 5.91 Å². The Kier molecular flexibility index (Phi) is 4.40. The summed E-state index contributed by atoms with van der Waals surface area (Å²) in [5, 5.41) is 8.18. The highest BCUT2D eigenvalue weighted by molar-refractivity contribution is 5.91. The van der Waals surface area contributed by atoms with Gasteiger partial charge in [0.15, 0.2) is 0 Å². The first kappa shape index (κ1) is 16.3. The molecule has 1 aromatic carbocycles. The summed E-state index contributed by atoms with van der Waals surface area (Å²) in [6.07, 6.45) is 0. The first-order valence-electron chi connectivity index (χ1n) is 7.93. The zero-order valence-corrected chi connectivity index (χ0v) is 14.4. The molecule has 6 heteroatoms. The molecule has 2 aromatic heterocycles. The third-order valence-corrected chi connectivity index (χ3v) is 4.18. The molecule has 3 aromatic rings. The molecule has 1 N–H and O–H groups in total. The van der Waals surface area contributed by atoms with Gasteiger partial charge in [-0.25, -0.2) is 0 Å². The van der Waals surface area contributed by atoms with E-state index < -0.39 is 0 Å². The fourth-order valence-electron chi connectivity index (χ4n) is 2.70. The molecule has 0 saturated carbocycles. The molecule has 24 heavy (non-hydrogen) atoms. The number of hydrogen-bond donors (Lipinski definition) is 1. The minimum absolute atomic E-state index is 0.00331. The summed E-state index contributed by atoms with van der Waals surface area (Å²) in [5.74, 6) is 1.47. The Hall–Kier alpha value is -2.60. The van der Waals surface area contributed by atoms with Gasteiger partial charge >= 0.3 is 0 Å². The van der Waals surface area contributed by atoms with Crippen LogP contribution in [0.15, 0.2) is 40.8 Å². The van der Waals surface area contributed by atoms with Crippen molar-refractivity contribution >= 4 is 22.7 Å². The van der Waals surface area contributed by atoms with Crippen molar-refractivity contribution in [3.8, 4) is 0 Å². The molecule has 1 atom stereocenters. The minimum atomic E-state index is -0.0801. The molecule has 0 radical (unpaired) electrons. The summed E-state index contributed by atoms with van der Waals surface area (Å²) in [7, 11) is 3.72. The number of anilines is 1. The predicted molar refractivity (Wildman–Crippen MR) is 93.8 cm³/mol. The van der Waals surface area contributed by atoms with Crippen LogP contribution >= 0.6 is 0 Å². The smallest absolute Gasteiger partial charge is 0.239 e. The van der Waals surface area contributed by atoms with Gasteiger partial charge in [-0.1, -0.05) is 18.2 Å². The summed E-state index contributed by atoms with van der Waals surface area (Å²) in [6.45, 7) is 4.19. The molecule has 0 aliphatic heterocycles. The number of fused-ring (bicyclic) bond motifs is 1. The number of aromatic nitrogens is 2. The van der Waals surface area contributed by atoms with Gasteiger partial charge in [-0.3, -0.25) is 14.4 Å². The van der Waals surface area contributed by atoms with Crippen LogP contribution < -0.4 is 5.32 Å². The SMILES string of the molecule is Cc1cc(NC(=O)CN(C)[C@H](C)c2cc3ccccc3o2)n(C)n1. The quantitative estimate of drug-likeness (QED) is 0.782. The lowest BCUT2D eigenvalue weighted by Gasteiger charge is -2.22. The van der Waals surface area contributed by atoms with Crippen LogP contribution in [0.4, 0.5) is 5.82 Å². The van der Waals surface area contributed by atoms with Gasteiger partial charge in [0.05, 0.1) is 18.3 Å². The van der Waals surface area contributed by atoms with E-state index in [9.17, 15) is 4.79 Å². The number of hydrogen-bond acceptors (Lipinski definition) is 4. The summed E-state index contributed by atoms with van der Waals surface area (Å²) in [6, 6.07) is 11.8. The first-order valence-corrected chi connectivity index (χ1v) is 7.93. The zero-order chi connectivity index (χ0) is 17.3. The number of nitrogens with zero attached hydrogens (tertiary/aromatic N) is 3. The Morgan fingerprint density at radius 2 is 2.12 bits per heavy atom. The number of furan rings is 1. The number of amides is 1. The third-order valence-electron chi connectivity index (χ3n) is 4.18. The second kappa shape index (κ2) is 6.49. The Morgan fingerprint density at radius 3 is 2.79 bits per heavy atom. The van der Waals surface area contributed by atoms with Gasteiger partial charge in [-0.2, -0.15) is 5.10 Å². The maximum atomic E-state index is 12.3. The number of para-hydroxylation sites is 1. The van der Waals surface area contributed by atoms with Crippen LogP contribution in [0, 0.1) is 6.92 Å². The molecule has 3 rings (SSSR count). The van der Waals surface area contributed by atoms with Crippen LogP contribution in [0.2, 0.25) is 0 Å². The predicted octanol–water partition coefficient (Wildman–Crippen LogP) is 3.11. The number of benzene rings is 1. The molecule has 0 spiro atoms. The molecule has 0 saturated heterocycles. The van der Waals surface area contributed by atoms with Crippen molar-refractivity contribution in [3.63, 3.8) is 0 Å². The van der Waals surface area contributed by atoms with Crippen molar-refractivity contribution < 1.29 is 9.21 Å². The summed E-state index contributed by atoms with van der Waals surface area (Å²) < 4.78 is 7.55. The van der Waals surface area contributed by atoms with Gasteiger partial charge in [0.25, 0.3) is 0 Å². The summed E-state index contributed by atoms with van der Waals surface area (Å²) in [5.41, 5.74) is 1.74.